The largest absolute Gasteiger partial charge is 0.493 e. The third-order valence-corrected chi connectivity index (χ3v) is 7.44. The molecule has 0 bridgehead atoms. The lowest BCUT2D eigenvalue weighted by Gasteiger charge is -2.17. The van der Waals surface area contributed by atoms with Crippen molar-refractivity contribution < 1.29 is 19.0 Å². The fraction of sp³-hybridized carbons (Fsp3) is 0.143. The zero-order chi connectivity index (χ0) is 26.4. The summed E-state index contributed by atoms with van der Waals surface area (Å²) in [5.41, 5.74) is 3.06. The Kier molecular flexibility index (Phi) is 5.80. The van der Waals surface area contributed by atoms with Gasteiger partial charge in [0, 0.05) is 11.1 Å². The molecule has 0 spiro atoms. The van der Waals surface area contributed by atoms with Crippen molar-refractivity contribution in [1.29, 1.82) is 0 Å². The highest BCUT2D eigenvalue weighted by Gasteiger charge is 2.34. The Hall–Kier alpha value is -4.70. The molecule has 3 heterocycles. The second kappa shape index (κ2) is 9.31. The Bertz CT molecular complexity index is 1790. The number of anilines is 1. The number of rotatable bonds is 6. The Morgan fingerprint density at radius 1 is 0.868 bits per heavy atom. The molecule has 5 aromatic rings. The van der Waals surface area contributed by atoms with Crippen LogP contribution in [-0.4, -0.2) is 41.8 Å². The van der Waals surface area contributed by atoms with E-state index in [2.05, 4.69) is 10.1 Å². The maximum absolute atomic E-state index is 13.7. The van der Waals surface area contributed by atoms with E-state index in [1.165, 1.54) is 25.8 Å². The number of para-hydroxylation sites is 1. The van der Waals surface area contributed by atoms with Gasteiger partial charge in [-0.15, -0.1) is 5.10 Å². The Morgan fingerprint density at radius 2 is 1.55 bits per heavy atom. The van der Waals surface area contributed by atoms with Crippen LogP contribution in [0.4, 0.5) is 5.69 Å². The van der Waals surface area contributed by atoms with Crippen molar-refractivity contribution in [2.75, 3.05) is 26.2 Å². The molecule has 1 aliphatic heterocycles. The molecule has 9 nitrogen and oxygen atoms in total. The fourth-order valence-electron chi connectivity index (χ4n) is 4.64. The number of thiazole rings is 1. The number of carbonyl (C=O) groups is 1. The number of benzene rings is 3. The van der Waals surface area contributed by atoms with Crippen molar-refractivity contribution >= 4 is 33.5 Å². The predicted octanol–water partition coefficient (Wildman–Crippen LogP) is 3.31. The summed E-state index contributed by atoms with van der Waals surface area (Å²) in [7, 11) is 4.57. The minimum atomic E-state index is -0.393. The molecule has 0 unspecified atom stereocenters. The summed E-state index contributed by atoms with van der Waals surface area (Å²) in [6.07, 6.45) is 0. The first-order chi connectivity index (χ1) is 18.5. The summed E-state index contributed by atoms with van der Waals surface area (Å²) in [5, 5.41) is 4.46. The molecule has 0 N–H and O–H groups in total. The fourth-order valence-corrected chi connectivity index (χ4v) is 5.64. The first kappa shape index (κ1) is 23.7. The number of fused-ring (bicyclic) bond motifs is 2. The number of nitrogens with zero attached hydrogens (tertiary/aromatic N) is 4. The predicted molar refractivity (Wildman–Crippen MR) is 144 cm³/mol. The monoisotopic (exact) mass is 526 g/mol. The van der Waals surface area contributed by atoms with Crippen LogP contribution >= 0.6 is 11.3 Å². The maximum atomic E-state index is 13.7. The van der Waals surface area contributed by atoms with Crippen molar-refractivity contribution in [2.45, 2.75) is 6.54 Å². The van der Waals surface area contributed by atoms with Gasteiger partial charge in [-0.05, 0) is 23.8 Å². The van der Waals surface area contributed by atoms with Gasteiger partial charge in [0.25, 0.3) is 11.5 Å². The van der Waals surface area contributed by atoms with E-state index in [4.69, 9.17) is 14.2 Å². The Balaban J connectivity index is 1.47. The quantitative estimate of drug-likeness (QED) is 0.335. The van der Waals surface area contributed by atoms with Crippen molar-refractivity contribution in [2.24, 2.45) is 0 Å². The van der Waals surface area contributed by atoms with Crippen LogP contribution in [0, 0.1) is 0 Å². The molecule has 3 aromatic carbocycles. The molecule has 0 aliphatic carbocycles. The normalized spacial score (nSPS) is 14.2. The van der Waals surface area contributed by atoms with Gasteiger partial charge in [-0.1, -0.05) is 59.9 Å². The number of carbonyl (C=O) groups excluding carboxylic acids is 1. The highest BCUT2D eigenvalue weighted by molar-refractivity contribution is 7.15. The van der Waals surface area contributed by atoms with Crippen molar-refractivity contribution in [1.82, 2.24) is 14.6 Å². The average molecular weight is 527 g/mol. The van der Waals surface area contributed by atoms with Crippen LogP contribution in [0.15, 0.2) is 71.5 Å². The lowest BCUT2D eigenvalue weighted by atomic mass is 10.1. The van der Waals surface area contributed by atoms with Crippen LogP contribution in [0.2, 0.25) is 0 Å². The Morgan fingerprint density at radius 3 is 2.21 bits per heavy atom. The zero-order valence-corrected chi connectivity index (χ0v) is 21.6. The van der Waals surface area contributed by atoms with E-state index in [1.54, 1.807) is 17.0 Å². The van der Waals surface area contributed by atoms with Crippen LogP contribution in [0.3, 0.4) is 0 Å². The van der Waals surface area contributed by atoms with Gasteiger partial charge >= 0.3 is 0 Å². The minimum Gasteiger partial charge on any atom is -0.493 e. The first-order valence-electron chi connectivity index (χ1n) is 11.7. The maximum Gasteiger partial charge on any atom is 0.291 e. The summed E-state index contributed by atoms with van der Waals surface area (Å²) in [5.74, 6) is 1.45. The molecule has 1 amide bonds. The molecule has 190 valence electrons. The van der Waals surface area contributed by atoms with E-state index in [-0.39, 0.29) is 5.91 Å². The third kappa shape index (κ3) is 3.69. The van der Waals surface area contributed by atoms with E-state index >= 15 is 0 Å². The van der Waals surface area contributed by atoms with Gasteiger partial charge in [-0.2, -0.15) is 9.50 Å². The molecular weight excluding hydrogens is 504 g/mol. The second-order valence-corrected chi connectivity index (χ2v) is 9.53. The van der Waals surface area contributed by atoms with E-state index in [0.717, 1.165) is 28.2 Å². The van der Waals surface area contributed by atoms with Gasteiger partial charge in [-0.3, -0.25) is 9.59 Å². The van der Waals surface area contributed by atoms with Crippen LogP contribution in [0.1, 0.15) is 11.1 Å². The van der Waals surface area contributed by atoms with E-state index < -0.39 is 5.56 Å². The van der Waals surface area contributed by atoms with Gasteiger partial charge in [0.05, 0.1) is 39.1 Å². The molecule has 1 aliphatic rings. The van der Waals surface area contributed by atoms with Gasteiger partial charge in [-0.25, -0.2) is 0 Å². The standard InChI is InChI=1S/C28H22N4O5S/c1-35-20-13-17(14-21(36-2)23(20)37-3)25-29-28-32(30-25)27(34)24(38-28)22-18-11-7-8-12-19(18)31(26(22)33)15-16-9-5-4-6-10-16/h4-14H,15H2,1-3H3. The molecule has 6 rings (SSSR count). The summed E-state index contributed by atoms with van der Waals surface area (Å²) < 4.78 is 17.8. The molecule has 38 heavy (non-hydrogen) atoms. The molecule has 2 aromatic heterocycles. The van der Waals surface area contributed by atoms with Crippen molar-refractivity contribution in [3.05, 3.63) is 92.7 Å². The summed E-state index contributed by atoms with van der Waals surface area (Å²) in [4.78, 5) is 33.9. The minimum absolute atomic E-state index is 0.221. The summed E-state index contributed by atoms with van der Waals surface area (Å²) in [6, 6.07) is 20.7. The summed E-state index contributed by atoms with van der Waals surface area (Å²) >= 11 is 1.15. The van der Waals surface area contributed by atoms with Gasteiger partial charge in [0.1, 0.15) is 4.53 Å². The number of aromatic nitrogens is 3. The molecule has 10 heteroatoms. The van der Waals surface area contributed by atoms with E-state index in [0.29, 0.717) is 50.2 Å². The molecule has 0 fully saturated rings. The molecule has 0 radical (unpaired) electrons. The highest BCUT2D eigenvalue weighted by Crippen LogP contribution is 2.41. The van der Waals surface area contributed by atoms with Crippen molar-refractivity contribution in [3.8, 4) is 28.6 Å². The number of amides is 1. The zero-order valence-electron chi connectivity index (χ0n) is 20.8. The lowest BCUT2D eigenvalue weighted by molar-refractivity contribution is -0.113. The molecule has 0 saturated carbocycles. The highest BCUT2D eigenvalue weighted by atomic mass is 32.1. The van der Waals surface area contributed by atoms with Gasteiger partial charge in [0.15, 0.2) is 17.3 Å². The Labute approximate surface area is 221 Å². The molecule has 0 atom stereocenters. The summed E-state index contributed by atoms with van der Waals surface area (Å²) in [6.45, 7) is 0.403. The first-order valence-corrected chi connectivity index (χ1v) is 12.5. The van der Waals surface area contributed by atoms with Gasteiger partial charge < -0.3 is 19.1 Å². The molecular formula is C28H22N4O5S. The average Bonchev–Trinajstić information content (AvgIpc) is 3.59. The van der Waals surface area contributed by atoms with E-state index in [1.807, 2.05) is 54.6 Å². The third-order valence-electron chi connectivity index (χ3n) is 6.41. The van der Waals surface area contributed by atoms with Crippen LogP contribution < -0.4 is 29.2 Å². The number of methoxy groups -OCH3 is 3. The smallest absolute Gasteiger partial charge is 0.291 e. The number of ether oxygens (including phenoxy) is 3. The SMILES string of the molecule is COc1cc(-c2nc3sc(=C4C(=O)N(Cc5ccccc5)c5ccccc54)c(=O)n3n2)cc(OC)c1OC. The lowest BCUT2D eigenvalue weighted by Crippen LogP contribution is -2.32. The van der Waals surface area contributed by atoms with Crippen LogP contribution in [0.25, 0.3) is 21.9 Å². The van der Waals surface area contributed by atoms with Gasteiger partial charge in [0.2, 0.25) is 10.7 Å². The second-order valence-electron chi connectivity index (χ2n) is 8.55. The topological polar surface area (TPSA) is 95.3 Å². The number of hydrogen-bond donors (Lipinski definition) is 0. The molecule has 0 saturated heterocycles. The van der Waals surface area contributed by atoms with Crippen molar-refractivity contribution in [3.63, 3.8) is 0 Å². The van der Waals surface area contributed by atoms with Crippen LogP contribution in [0.5, 0.6) is 17.2 Å². The number of hydrogen-bond acceptors (Lipinski definition) is 8. The van der Waals surface area contributed by atoms with E-state index in [9.17, 15) is 9.59 Å². The van der Waals surface area contributed by atoms with Crippen LogP contribution in [-0.2, 0) is 11.3 Å².